The van der Waals surface area contributed by atoms with Crippen LogP contribution in [0.25, 0.3) is 11.0 Å². The van der Waals surface area contributed by atoms with Crippen molar-refractivity contribution in [2.24, 2.45) is 0 Å². The van der Waals surface area contributed by atoms with Crippen LogP contribution in [0.2, 0.25) is 5.02 Å². The van der Waals surface area contributed by atoms with Crippen molar-refractivity contribution in [3.8, 4) is 5.75 Å². The lowest BCUT2D eigenvalue weighted by Crippen LogP contribution is -2.25. The van der Waals surface area contributed by atoms with Crippen molar-refractivity contribution in [1.29, 1.82) is 0 Å². The molecule has 1 aromatic heterocycles. The maximum atomic E-state index is 14.6. The Kier molecular flexibility index (Phi) is 5.31. The lowest BCUT2D eigenvalue weighted by molar-refractivity contribution is -0.117. The summed E-state index contributed by atoms with van der Waals surface area (Å²) in [4.78, 5) is 19.6. The summed E-state index contributed by atoms with van der Waals surface area (Å²) in [7, 11) is 1.59. The minimum atomic E-state index is -0.362. The summed E-state index contributed by atoms with van der Waals surface area (Å²) >= 11 is 6.32. The second-order valence-corrected chi connectivity index (χ2v) is 8.23. The van der Waals surface area contributed by atoms with Gasteiger partial charge in [-0.2, -0.15) is 0 Å². The van der Waals surface area contributed by atoms with Gasteiger partial charge in [-0.3, -0.25) is 4.79 Å². The highest BCUT2D eigenvalue weighted by Crippen LogP contribution is 2.37. The molecular weight excluding hydrogens is 429 g/mol. The molecule has 3 aromatic carbocycles. The van der Waals surface area contributed by atoms with E-state index in [0.717, 1.165) is 22.5 Å². The smallest absolute Gasteiger partial charge is 0.227 e. The number of imidazole rings is 1. The van der Waals surface area contributed by atoms with Crippen LogP contribution in [-0.2, 0) is 11.3 Å². The maximum absolute atomic E-state index is 14.6. The molecule has 1 saturated heterocycles. The third-order valence-electron chi connectivity index (χ3n) is 5.93. The Labute approximate surface area is 190 Å². The number of aromatic nitrogens is 2. The Bertz CT molecular complexity index is 1300. The summed E-state index contributed by atoms with van der Waals surface area (Å²) in [5, 5.41) is 0.367. The molecule has 1 atom stereocenters. The zero-order valence-corrected chi connectivity index (χ0v) is 18.2. The minimum absolute atomic E-state index is 0.00188. The van der Waals surface area contributed by atoms with Crippen LogP contribution in [0, 0.1) is 5.82 Å². The van der Waals surface area contributed by atoms with E-state index in [9.17, 15) is 9.18 Å². The van der Waals surface area contributed by atoms with Crippen LogP contribution in [0.4, 0.5) is 10.1 Å². The SMILES string of the molecule is COc1ccccc1N1CC(c2nc3ccccc3n2Cc2c(F)cccc2Cl)CC1=O. The maximum Gasteiger partial charge on any atom is 0.227 e. The molecule has 1 aliphatic rings. The third kappa shape index (κ3) is 3.50. The molecule has 2 heterocycles. The first-order valence-electron chi connectivity index (χ1n) is 10.4. The Morgan fingerprint density at radius 1 is 1.09 bits per heavy atom. The van der Waals surface area contributed by atoms with Gasteiger partial charge in [0, 0.05) is 29.5 Å². The van der Waals surface area contributed by atoms with E-state index in [0.29, 0.717) is 29.3 Å². The lowest BCUT2D eigenvalue weighted by Gasteiger charge is -2.20. The van der Waals surface area contributed by atoms with Crippen LogP contribution in [-0.4, -0.2) is 29.1 Å². The van der Waals surface area contributed by atoms with Crippen molar-refractivity contribution in [2.45, 2.75) is 18.9 Å². The number of hydrogen-bond acceptors (Lipinski definition) is 3. The number of anilines is 1. The standard InChI is InChI=1S/C25H21ClFN3O2/c1-32-23-12-5-4-11-22(23)29-14-16(13-24(29)31)25-28-20-9-2-3-10-21(20)30(25)15-17-18(26)7-6-8-19(17)27/h2-12,16H,13-15H2,1H3. The van der Waals surface area contributed by atoms with E-state index in [1.165, 1.54) is 6.07 Å². The van der Waals surface area contributed by atoms with Gasteiger partial charge in [-0.25, -0.2) is 9.37 Å². The van der Waals surface area contributed by atoms with Crippen LogP contribution < -0.4 is 9.64 Å². The molecule has 5 rings (SSSR count). The van der Waals surface area contributed by atoms with Crippen molar-refractivity contribution in [1.82, 2.24) is 9.55 Å². The van der Waals surface area contributed by atoms with Crippen molar-refractivity contribution < 1.29 is 13.9 Å². The molecule has 0 saturated carbocycles. The summed E-state index contributed by atoms with van der Waals surface area (Å²) < 4.78 is 22.0. The molecule has 5 nitrogen and oxygen atoms in total. The fourth-order valence-electron chi connectivity index (χ4n) is 4.38. The van der Waals surface area contributed by atoms with Crippen LogP contribution in [0.1, 0.15) is 23.7 Å². The molecule has 1 fully saturated rings. The van der Waals surface area contributed by atoms with Crippen molar-refractivity contribution in [3.63, 3.8) is 0 Å². The number of nitrogens with zero attached hydrogens (tertiary/aromatic N) is 3. The Morgan fingerprint density at radius 3 is 2.69 bits per heavy atom. The topological polar surface area (TPSA) is 47.4 Å². The van der Waals surface area contributed by atoms with Crippen LogP contribution in [0.5, 0.6) is 5.75 Å². The van der Waals surface area contributed by atoms with E-state index in [1.54, 1.807) is 24.1 Å². The molecule has 0 radical (unpaired) electrons. The number of halogens is 2. The Morgan fingerprint density at radius 2 is 1.88 bits per heavy atom. The molecule has 1 aliphatic heterocycles. The van der Waals surface area contributed by atoms with E-state index in [1.807, 2.05) is 53.1 Å². The fraction of sp³-hybridized carbons (Fsp3) is 0.200. The van der Waals surface area contributed by atoms with Crippen LogP contribution in [0.15, 0.2) is 66.7 Å². The normalized spacial score (nSPS) is 16.2. The summed E-state index contributed by atoms with van der Waals surface area (Å²) in [5.41, 5.74) is 2.83. The van der Waals surface area contributed by atoms with Gasteiger partial charge in [0.1, 0.15) is 17.4 Å². The second kappa shape index (κ2) is 8.28. The number of hydrogen-bond donors (Lipinski definition) is 0. The average molecular weight is 450 g/mol. The van der Waals surface area contributed by atoms with Gasteiger partial charge in [-0.15, -0.1) is 0 Å². The first kappa shape index (κ1) is 20.5. The molecule has 32 heavy (non-hydrogen) atoms. The molecular formula is C25H21ClFN3O2. The quantitative estimate of drug-likeness (QED) is 0.409. The Balaban J connectivity index is 1.56. The van der Waals surface area contributed by atoms with Crippen molar-refractivity contribution in [2.75, 3.05) is 18.6 Å². The molecule has 162 valence electrons. The van der Waals surface area contributed by atoms with Crippen LogP contribution in [0.3, 0.4) is 0 Å². The highest BCUT2D eigenvalue weighted by atomic mass is 35.5. The highest BCUT2D eigenvalue weighted by Gasteiger charge is 2.36. The molecule has 4 aromatic rings. The van der Waals surface area contributed by atoms with Gasteiger partial charge in [0.2, 0.25) is 5.91 Å². The van der Waals surface area contributed by atoms with Gasteiger partial charge in [0.05, 0.1) is 30.4 Å². The van der Waals surface area contributed by atoms with Gasteiger partial charge in [0.15, 0.2) is 0 Å². The molecule has 1 unspecified atom stereocenters. The van der Waals surface area contributed by atoms with Gasteiger partial charge in [-0.1, -0.05) is 41.9 Å². The van der Waals surface area contributed by atoms with Gasteiger partial charge in [-0.05, 0) is 36.4 Å². The Hall–Kier alpha value is -3.38. The largest absolute Gasteiger partial charge is 0.495 e. The van der Waals surface area contributed by atoms with Gasteiger partial charge >= 0.3 is 0 Å². The third-order valence-corrected chi connectivity index (χ3v) is 6.28. The first-order valence-corrected chi connectivity index (χ1v) is 10.8. The van der Waals surface area contributed by atoms with Crippen LogP contribution >= 0.6 is 11.6 Å². The predicted molar refractivity (Wildman–Crippen MR) is 123 cm³/mol. The van der Waals surface area contributed by atoms with E-state index in [-0.39, 0.29) is 24.2 Å². The fourth-order valence-corrected chi connectivity index (χ4v) is 4.60. The number of ether oxygens (including phenoxy) is 1. The minimum Gasteiger partial charge on any atom is -0.495 e. The number of methoxy groups -OCH3 is 1. The van der Waals surface area contributed by atoms with Crippen molar-refractivity contribution >= 4 is 34.2 Å². The number of benzene rings is 3. The number of carbonyl (C=O) groups is 1. The molecule has 0 spiro atoms. The average Bonchev–Trinajstić information content (AvgIpc) is 3.36. The molecule has 0 aliphatic carbocycles. The lowest BCUT2D eigenvalue weighted by atomic mass is 10.1. The summed E-state index contributed by atoms with van der Waals surface area (Å²) in [6, 6.07) is 19.9. The summed E-state index contributed by atoms with van der Waals surface area (Å²) in [5.74, 6) is 0.885. The van der Waals surface area contributed by atoms with E-state index in [2.05, 4.69) is 0 Å². The summed E-state index contributed by atoms with van der Waals surface area (Å²) in [6.45, 7) is 0.703. The van der Waals surface area contributed by atoms with Gasteiger partial charge in [0.25, 0.3) is 0 Å². The molecule has 0 N–H and O–H groups in total. The zero-order valence-electron chi connectivity index (χ0n) is 17.5. The predicted octanol–water partition coefficient (Wildman–Crippen LogP) is 5.41. The summed E-state index contributed by atoms with van der Waals surface area (Å²) in [6.07, 6.45) is 0.312. The number of fused-ring (bicyclic) bond motifs is 1. The number of amides is 1. The molecule has 0 bridgehead atoms. The van der Waals surface area contributed by atoms with E-state index >= 15 is 0 Å². The second-order valence-electron chi connectivity index (χ2n) is 7.82. The number of carbonyl (C=O) groups excluding carboxylic acids is 1. The first-order chi connectivity index (χ1) is 15.6. The number of rotatable bonds is 5. The van der Waals surface area contributed by atoms with E-state index in [4.69, 9.17) is 21.3 Å². The van der Waals surface area contributed by atoms with Crippen molar-refractivity contribution in [3.05, 3.63) is 89.0 Å². The number of para-hydroxylation sites is 4. The van der Waals surface area contributed by atoms with E-state index < -0.39 is 0 Å². The monoisotopic (exact) mass is 449 g/mol. The molecule has 1 amide bonds. The highest BCUT2D eigenvalue weighted by molar-refractivity contribution is 6.31. The zero-order chi connectivity index (χ0) is 22.2. The van der Waals surface area contributed by atoms with Gasteiger partial charge < -0.3 is 14.2 Å². The molecule has 7 heteroatoms.